The van der Waals surface area contributed by atoms with Gasteiger partial charge in [-0.2, -0.15) is 0 Å². The summed E-state index contributed by atoms with van der Waals surface area (Å²) in [5.74, 6) is 0. The molecular formula is C17H31. The second kappa shape index (κ2) is 15.5. The van der Waals surface area contributed by atoms with Crippen LogP contribution in [0.5, 0.6) is 0 Å². The van der Waals surface area contributed by atoms with Crippen LogP contribution < -0.4 is 0 Å². The van der Waals surface area contributed by atoms with Crippen LogP contribution in [0.15, 0.2) is 24.3 Å². The predicted octanol–water partition coefficient (Wildman–Crippen LogP) is 6.24. The first-order valence-corrected chi connectivity index (χ1v) is 7.47. The Morgan fingerprint density at radius 3 is 1.65 bits per heavy atom. The first kappa shape index (κ1) is 16.5. The van der Waals surface area contributed by atoms with Gasteiger partial charge in [0, 0.05) is 0 Å². The lowest BCUT2D eigenvalue weighted by atomic mass is 10.1. The van der Waals surface area contributed by atoms with Gasteiger partial charge in [0.2, 0.25) is 0 Å². The second-order valence-electron chi connectivity index (χ2n) is 4.73. The molecule has 0 saturated heterocycles. The number of unbranched alkanes of at least 4 members (excludes halogenated alkanes) is 9. The van der Waals surface area contributed by atoms with E-state index in [1.165, 1.54) is 57.8 Å². The van der Waals surface area contributed by atoms with Gasteiger partial charge in [-0.25, -0.2) is 0 Å². The van der Waals surface area contributed by atoms with Gasteiger partial charge in [-0.15, -0.1) is 0 Å². The maximum Gasteiger partial charge on any atom is -0.0351 e. The molecule has 0 amide bonds. The molecule has 1 radical (unpaired) electrons. The zero-order valence-corrected chi connectivity index (χ0v) is 11.8. The maximum absolute atomic E-state index is 3.82. The van der Waals surface area contributed by atoms with E-state index in [1.807, 2.05) is 0 Å². The third-order valence-corrected chi connectivity index (χ3v) is 3.01. The molecule has 0 spiro atoms. The van der Waals surface area contributed by atoms with Crippen molar-refractivity contribution in [2.45, 2.75) is 77.6 Å². The summed E-state index contributed by atoms with van der Waals surface area (Å²) in [6, 6.07) is 0. The summed E-state index contributed by atoms with van der Waals surface area (Å²) in [6.07, 6.45) is 23.6. The molecule has 0 heteroatoms. The Balaban J connectivity index is 2.98. The molecule has 0 aliphatic heterocycles. The van der Waals surface area contributed by atoms with E-state index < -0.39 is 0 Å². The van der Waals surface area contributed by atoms with E-state index in [2.05, 4.69) is 38.2 Å². The quantitative estimate of drug-likeness (QED) is 0.277. The minimum Gasteiger partial charge on any atom is -0.0917 e. The predicted molar refractivity (Wildman–Crippen MR) is 80.1 cm³/mol. The van der Waals surface area contributed by atoms with Crippen LogP contribution >= 0.6 is 0 Å². The molecule has 0 heterocycles. The summed E-state index contributed by atoms with van der Waals surface area (Å²) in [5, 5.41) is 0. The first-order chi connectivity index (χ1) is 8.41. The zero-order valence-electron chi connectivity index (χ0n) is 11.8. The van der Waals surface area contributed by atoms with E-state index in [4.69, 9.17) is 0 Å². The lowest BCUT2D eigenvalue weighted by Crippen LogP contribution is -1.80. The maximum atomic E-state index is 3.82. The van der Waals surface area contributed by atoms with Crippen LogP contribution in [0.1, 0.15) is 77.6 Å². The minimum absolute atomic E-state index is 1.03. The Labute approximate surface area is 109 Å². The fraction of sp³-hybridized carbons (Fsp3) is 0.706. The molecule has 0 unspecified atom stereocenters. The van der Waals surface area contributed by atoms with E-state index in [1.54, 1.807) is 0 Å². The van der Waals surface area contributed by atoms with Crippen molar-refractivity contribution < 1.29 is 0 Å². The average Bonchev–Trinajstić information content (AvgIpc) is 2.35. The lowest BCUT2D eigenvalue weighted by molar-refractivity contribution is 0.583. The lowest BCUT2D eigenvalue weighted by Gasteiger charge is -2.00. The van der Waals surface area contributed by atoms with E-state index in [0.29, 0.717) is 0 Å². The van der Waals surface area contributed by atoms with Crippen molar-refractivity contribution in [2.75, 3.05) is 0 Å². The first-order valence-electron chi connectivity index (χ1n) is 7.47. The summed E-state index contributed by atoms with van der Waals surface area (Å²) in [5.41, 5.74) is 0. The van der Waals surface area contributed by atoms with Crippen molar-refractivity contribution >= 4 is 0 Å². The Bertz CT molecular complexity index is 176. The number of rotatable bonds is 12. The van der Waals surface area contributed by atoms with Gasteiger partial charge in [0.15, 0.2) is 0 Å². The van der Waals surface area contributed by atoms with E-state index in [-0.39, 0.29) is 0 Å². The van der Waals surface area contributed by atoms with Crippen molar-refractivity contribution in [3.63, 3.8) is 0 Å². The molecule has 0 aromatic heterocycles. The molecule has 0 aliphatic rings. The van der Waals surface area contributed by atoms with Crippen LogP contribution in [0.3, 0.4) is 0 Å². The molecule has 0 aliphatic carbocycles. The van der Waals surface area contributed by atoms with Gasteiger partial charge >= 0.3 is 0 Å². The fourth-order valence-corrected chi connectivity index (χ4v) is 1.93. The van der Waals surface area contributed by atoms with Crippen LogP contribution in [-0.2, 0) is 0 Å². The highest BCUT2D eigenvalue weighted by molar-refractivity contribution is 4.81. The Hall–Kier alpha value is -0.520. The largest absolute Gasteiger partial charge is 0.0917 e. The van der Waals surface area contributed by atoms with Crippen LogP contribution in [0.2, 0.25) is 0 Å². The van der Waals surface area contributed by atoms with Gasteiger partial charge in [0.1, 0.15) is 0 Å². The highest BCUT2D eigenvalue weighted by atomic mass is 14.0. The third kappa shape index (κ3) is 15.5. The van der Waals surface area contributed by atoms with E-state index in [9.17, 15) is 0 Å². The van der Waals surface area contributed by atoms with Crippen molar-refractivity contribution in [1.82, 2.24) is 0 Å². The van der Waals surface area contributed by atoms with Gasteiger partial charge in [-0.05, 0) is 45.4 Å². The van der Waals surface area contributed by atoms with Gasteiger partial charge in [-0.3, -0.25) is 0 Å². The molecule has 0 aromatic carbocycles. The van der Waals surface area contributed by atoms with Crippen LogP contribution in [-0.4, -0.2) is 0 Å². The molecule has 17 heavy (non-hydrogen) atoms. The summed E-state index contributed by atoms with van der Waals surface area (Å²) in [6.45, 7) is 5.93. The van der Waals surface area contributed by atoms with Crippen LogP contribution in [0.4, 0.5) is 0 Å². The summed E-state index contributed by atoms with van der Waals surface area (Å²) >= 11 is 0. The monoisotopic (exact) mass is 235 g/mol. The Kier molecular flexibility index (Phi) is 15.0. The van der Waals surface area contributed by atoms with Crippen molar-refractivity contribution in [2.24, 2.45) is 0 Å². The van der Waals surface area contributed by atoms with Crippen molar-refractivity contribution in [3.05, 3.63) is 31.2 Å². The fourth-order valence-electron chi connectivity index (χ4n) is 1.93. The molecule has 0 nitrogen and oxygen atoms in total. The molecule has 0 atom stereocenters. The normalized spacial score (nSPS) is 11.9. The minimum atomic E-state index is 1.03. The van der Waals surface area contributed by atoms with Gasteiger partial charge in [0.05, 0.1) is 0 Å². The molecule has 99 valence electrons. The average molecular weight is 235 g/mol. The van der Waals surface area contributed by atoms with Gasteiger partial charge < -0.3 is 0 Å². The van der Waals surface area contributed by atoms with E-state index >= 15 is 0 Å². The van der Waals surface area contributed by atoms with E-state index in [0.717, 1.165) is 12.8 Å². The topological polar surface area (TPSA) is 0 Å². The Morgan fingerprint density at radius 1 is 0.647 bits per heavy atom. The standard InChI is InChI=1S/C17H31/c1-3-5-7-9-11-13-15-17-16-14-12-10-8-6-4-2/h4,6-7,9H,1,3,5,8,10-17H2,2H3/b6-4+,9-7+. The smallest absolute Gasteiger partial charge is 0.0351 e. The summed E-state index contributed by atoms with van der Waals surface area (Å²) in [4.78, 5) is 0. The van der Waals surface area contributed by atoms with Crippen molar-refractivity contribution in [3.8, 4) is 0 Å². The molecule has 0 rings (SSSR count). The SMILES string of the molecule is [CH2]CC/C=C/CCCCCCCCC/C=C/C. The zero-order chi connectivity index (χ0) is 12.6. The molecular weight excluding hydrogens is 204 g/mol. The molecule has 0 bridgehead atoms. The molecule has 0 N–H and O–H groups in total. The molecule has 0 fully saturated rings. The summed E-state index contributed by atoms with van der Waals surface area (Å²) in [7, 11) is 0. The highest BCUT2D eigenvalue weighted by Gasteiger charge is 1.90. The molecule has 0 saturated carbocycles. The van der Waals surface area contributed by atoms with Crippen LogP contribution in [0.25, 0.3) is 0 Å². The number of allylic oxidation sites excluding steroid dienone is 4. The van der Waals surface area contributed by atoms with Gasteiger partial charge in [-0.1, -0.05) is 63.3 Å². The Morgan fingerprint density at radius 2 is 1.12 bits per heavy atom. The molecule has 0 aromatic rings. The van der Waals surface area contributed by atoms with Gasteiger partial charge in [0.25, 0.3) is 0 Å². The second-order valence-corrected chi connectivity index (χ2v) is 4.73. The highest BCUT2D eigenvalue weighted by Crippen LogP contribution is 2.10. The number of hydrogen-bond acceptors (Lipinski definition) is 0. The number of hydrogen-bond donors (Lipinski definition) is 0. The van der Waals surface area contributed by atoms with Crippen LogP contribution in [0, 0.1) is 6.92 Å². The summed E-state index contributed by atoms with van der Waals surface area (Å²) < 4.78 is 0. The van der Waals surface area contributed by atoms with Crippen molar-refractivity contribution in [1.29, 1.82) is 0 Å². The third-order valence-electron chi connectivity index (χ3n) is 3.01.